The van der Waals surface area contributed by atoms with Crippen LogP contribution in [0.5, 0.6) is 0 Å². The van der Waals surface area contributed by atoms with Crippen molar-refractivity contribution in [2.24, 2.45) is 28.7 Å². The molecule has 0 unspecified atom stereocenters. The minimum atomic E-state index is -1.18. The smallest absolute Gasteiger partial charge is 0.268 e. The molecule has 0 bridgehead atoms. The van der Waals surface area contributed by atoms with Crippen LogP contribution in [-0.2, 0) is 51.2 Å². The van der Waals surface area contributed by atoms with Gasteiger partial charge in [-0.2, -0.15) is 0 Å². The van der Waals surface area contributed by atoms with Gasteiger partial charge in [-0.1, -0.05) is 109 Å². The third kappa shape index (κ3) is 18.5. The van der Waals surface area contributed by atoms with Gasteiger partial charge in [0.25, 0.3) is 11.8 Å². The Hall–Kier alpha value is -5.93. The Morgan fingerprint density at radius 1 is 0.561 bits per heavy atom. The van der Waals surface area contributed by atoms with Crippen molar-refractivity contribution in [1.82, 2.24) is 36.0 Å². The number of likely N-dealkylation sites (N-methyl/N-ethyl adjacent to an activating group) is 4. The first-order valence-corrected chi connectivity index (χ1v) is 23.0. The normalized spacial score (nSPS) is 14.6. The Kier molecular flexibility index (Phi) is 23.4. The molecule has 8 amide bonds. The molecular weight excluding hydrogens is 841 g/mol. The molecule has 7 atom stereocenters. The molecule has 16 heteroatoms. The molecule has 4 N–H and O–H groups in total. The summed E-state index contributed by atoms with van der Waals surface area (Å²) >= 11 is 0. The summed E-state index contributed by atoms with van der Waals surface area (Å²) in [6.07, 6.45) is 2.22. The van der Waals surface area contributed by atoms with Crippen LogP contribution in [0, 0.1) is 23.7 Å². The number of amides is 8. The van der Waals surface area contributed by atoms with Crippen LogP contribution in [0.2, 0.25) is 0 Å². The maximum absolute atomic E-state index is 14.6. The Morgan fingerprint density at radius 2 is 1.06 bits per heavy atom. The van der Waals surface area contributed by atoms with Crippen molar-refractivity contribution in [2.45, 2.75) is 137 Å². The van der Waals surface area contributed by atoms with Gasteiger partial charge in [-0.25, -0.2) is 4.99 Å². The second-order valence-electron chi connectivity index (χ2n) is 18.7. The maximum Gasteiger partial charge on any atom is 0.268 e. The SMILES string of the molecule is CNC(=O)[C@H](CC(C)C)N(C)C(=O)C=NC(=O)[C@H](Cc1ccccc1)N(C)C(=O)[C@H](CC(C)C)N(C)C(=O)[C@H](CC(C)C)NC(=O)[C@H](C)NC(=O)C[C@@H](C)NC(=O)[C@@H](C)Cc1ccccc1. The minimum absolute atomic E-state index is 0.0533. The number of nitrogens with one attached hydrogen (secondary N) is 4. The molecule has 0 saturated carbocycles. The van der Waals surface area contributed by atoms with E-state index in [1.165, 1.54) is 49.8 Å². The molecule has 0 spiro atoms. The number of hydrogen-bond acceptors (Lipinski definition) is 8. The van der Waals surface area contributed by atoms with Gasteiger partial charge in [-0.15, -0.1) is 0 Å². The third-order valence-electron chi connectivity index (χ3n) is 11.3. The topological polar surface area (TPSA) is 207 Å². The van der Waals surface area contributed by atoms with E-state index in [-0.39, 0.29) is 61.2 Å². The van der Waals surface area contributed by atoms with Crippen LogP contribution in [0.25, 0.3) is 0 Å². The highest BCUT2D eigenvalue weighted by Crippen LogP contribution is 2.20. The molecule has 0 aliphatic heterocycles. The Labute approximate surface area is 392 Å². The van der Waals surface area contributed by atoms with Gasteiger partial charge >= 0.3 is 0 Å². The molecule has 2 rings (SSSR count). The number of nitrogens with zero attached hydrogens (tertiary/aromatic N) is 4. The van der Waals surface area contributed by atoms with Crippen molar-refractivity contribution in [2.75, 3.05) is 28.2 Å². The summed E-state index contributed by atoms with van der Waals surface area (Å²) in [5.74, 6) is -4.50. The first kappa shape index (κ1) is 56.2. The van der Waals surface area contributed by atoms with Crippen molar-refractivity contribution < 1.29 is 38.4 Å². The van der Waals surface area contributed by atoms with Gasteiger partial charge in [0.05, 0.1) is 6.21 Å². The predicted octanol–water partition coefficient (Wildman–Crippen LogP) is 3.95. The zero-order valence-electron chi connectivity index (χ0n) is 41.4. The molecule has 66 heavy (non-hydrogen) atoms. The second kappa shape index (κ2) is 27.5. The molecule has 2 aromatic carbocycles. The first-order chi connectivity index (χ1) is 31.0. The number of carbonyl (C=O) groups is 8. The van der Waals surface area contributed by atoms with Crippen molar-refractivity contribution in [3.63, 3.8) is 0 Å². The van der Waals surface area contributed by atoms with E-state index in [2.05, 4.69) is 26.3 Å². The molecule has 16 nitrogen and oxygen atoms in total. The Bertz CT molecular complexity index is 1960. The van der Waals surface area contributed by atoms with Gasteiger partial charge < -0.3 is 36.0 Å². The summed E-state index contributed by atoms with van der Waals surface area (Å²) in [7, 11) is 5.90. The summed E-state index contributed by atoms with van der Waals surface area (Å²) in [6, 6.07) is 13.0. The zero-order valence-corrected chi connectivity index (χ0v) is 41.4. The van der Waals surface area contributed by atoms with E-state index in [4.69, 9.17) is 0 Å². The Balaban J connectivity index is 2.28. The highest BCUT2D eigenvalue weighted by molar-refractivity contribution is 6.28. The van der Waals surface area contributed by atoms with Gasteiger partial charge in [0.2, 0.25) is 35.4 Å². The second-order valence-corrected chi connectivity index (χ2v) is 18.7. The quantitative estimate of drug-likeness (QED) is 0.107. The molecule has 2 aromatic rings. The molecule has 364 valence electrons. The summed E-state index contributed by atoms with van der Waals surface area (Å²) < 4.78 is 0. The van der Waals surface area contributed by atoms with E-state index in [0.717, 1.165) is 17.3 Å². The maximum atomic E-state index is 14.6. The molecule has 0 heterocycles. The van der Waals surface area contributed by atoms with Crippen molar-refractivity contribution in [3.05, 3.63) is 71.8 Å². The summed E-state index contributed by atoms with van der Waals surface area (Å²) in [4.78, 5) is 116. The minimum Gasteiger partial charge on any atom is -0.357 e. The lowest BCUT2D eigenvalue weighted by molar-refractivity contribution is -0.149. The summed E-state index contributed by atoms with van der Waals surface area (Å²) in [5, 5.41) is 10.9. The lowest BCUT2D eigenvalue weighted by atomic mass is 9.97. The fourth-order valence-electron chi connectivity index (χ4n) is 7.52. The lowest BCUT2D eigenvalue weighted by Crippen LogP contribution is -2.58. The van der Waals surface area contributed by atoms with Gasteiger partial charge in [0.15, 0.2) is 0 Å². The monoisotopic (exact) mass is 917 g/mol. The summed E-state index contributed by atoms with van der Waals surface area (Å²) in [5.41, 5.74) is 1.75. The van der Waals surface area contributed by atoms with E-state index in [0.29, 0.717) is 12.8 Å². The van der Waals surface area contributed by atoms with Crippen molar-refractivity contribution in [1.29, 1.82) is 0 Å². The van der Waals surface area contributed by atoms with Gasteiger partial charge in [-0.05, 0) is 68.4 Å². The van der Waals surface area contributed by atoms with Crippen LogP contribution >= 0.6 is 0 Å². The van der Waals surface area contributed by atoms with Crippen LogP contribution in [0.3, 0.4) is 0 Å². The average Bonchev–Trinajstić information content (AvgIpc) is 3.26. The average molecular weight is 917 g/mol. The highest BCUT2D eigenvalue weighted by atomic mass is 16.2. The standard InChI is InChI=1S/C50H76N8O8/c1-31(2)24-39(55-46(62)36(9)54-43(59)28-35(8)53-45(61)34(7)27-37-20-16-14-17-21-37)49(65)58(13)42(26-33(5)6)50(66)57(12)41(29-38-22-18-15-19-23-38)48(64)52-30-44(60)56(11)40(25-32(3)4)47(63)51-10/h14-23,30-36,39-42H,24-29H2,1-13H3,(H,51,63)(H,53,61)(H,54,59)(H,55,62)/t34-,35+,36-,39-,40-,41-,42-/m0/s1. The van der Waals surface area contributed by atoms with E-state index >= 15 is 0 Å². The van der Waals surface area contributed by atoms with Crippen LogP contribution in [0.15, 0.2) is 65.7 Å². The van der Waals surface area contributed by atoms with Crippen molar-refractivity contribution >= 4 is 53.5 Å². The molecule has 0 aliphatic rings. The van der Waals surface area contributed by atoms with Gasteiger partial charge in [-0.3, -0.25) is 38.4 Å². The third-order valence-corrected chi connectivity index (χ3v) is 11.3. The first-order valence-electron chi connectivity index (χ1n) is 23.0. The van der Waals surface area contributed by atoms with E-state index in [1.54, 1.807) is 31.2 Å². The Morgan fingerprint density at radius 3 is 1.58 bits per heavy atom. The van der Waals surface area contributed by atoms with Crippen LogP contribution < -0.4 is 21.3 Å². The number of aliphatic imine (C=N–C) groups is 1. The molecule has 0 fully saturated rings. The molecule has 0 aliphatic carbocycles. The molecule has 0 radical (unpaired) electrons. The fraction of sp³-hybridized carbons (Fsp3) is 0.580. The lowest BCUT2D eigenvalue weighted by Gasteiger charge is -2.36. The number of rotatable bonds is 25. The molecule has 0 saturated heterocycles. The highest BCUT2D eigenvalue weighted by Gasteiger charge is 2.38. The fourth-order valence-corrected chi connectivity index (χ4v) is 7.52. The van der Waals surface area contributed by atoms with Crippen LogP contribution in [0.1, 0.15) is 99.1 Å². The van der Waals surface area contributed by atoms with Gasteiger partial charge in [0.1, 0.15) is 30.2 Å². The zero-order chi connectivity index (χ0) is 49.8. The number of carbonyl (C=O) groups excluding carboxylic acids is 8. The number of hydrogen-bond donors (Lipinski definition) is 4. The largest absolute Gasteiger partial charge is 0.357 e. The van der Waals surface area contributed by atoms with Gasteiger partial charge in [0, 0.05) is 53.0 Å². The predicted molar refractivity (Wildman–Crippen MR) is 257 cm³/mol. The van der Waals surface area contributed by atoms with Crippen LogP contribution in [0.4, 0.5) is 0 Å². The summed E-state index contributed by atoms with van der Waals surface area (Å²) in [6.45, 7) is 16.5. The van der Waals surface area contributed by atoms with Crippen LogP contribution in [-0.4, -0.2) is 133 Å². The number of benzene rings is 2. The van der Waals surface area contributed by atoms with E-state index < -0.39 is 71.7 Å². The van der Waals surface area contributed by atoms with E-state index in [9.17, 15) is 38.4 Å². The molecular formula is C50H76N8O8. The van der Waals surface area contributed by atoms with Crippen molar-refractivity contribution in [3.8, 4) is 0 Å². The molecule has 0 aromatic heterocycles. The van der Waals surface area contributed by atoms with E-state index in [1.807, 2.05) is 84.9 Å².